The van der Waals surface area contributed by atoms with Crippen molar-refractivity contribution in [1.29, 1.82) is 0 Å². The van der Waals surface area contributed by atoms with Crippen molar-refractivity contribution in [2.24, 2.45) is 5.92 Å². The lowest BCUT2D eigenvalue weighted by Crippen LogP contribution is -2.10. The van der Waals surface area contributed by atoms with Crippen molar-refractivity contribution in [3.8, 4) is 0 Å². The van der Waals surface area contributed by atoms with E-state index in [4.69, 9.17) is 38.5 Å². The van der Waals surface area contributed by atoms with Gasteiger partial charge in [0.05, 0.1) is 17.2 Å². The minimum atomic E-state index is -0.934. The Labute approximate surface area is 186 Å². The predicted molar refractivity (Wildman–Crippen MR) is 119 cm³/mol. The first-order valence-corrected chi connectivity index (χ1v) is 10.1. The molecule has 0 aliphatic rings. The van der Waals surface area contributed by atoms with Crippen LogP contribution in [0.25, 0.3) is 0 Å². The predicted octanol–water partition coefficient (Wildman–Crippen LogP) is 5.24. The van der Waals surface area contributed by atoms with Crippen molar-refractivity contribution in [2.75, 3.05) is 6.61 Å². The molecule has 0 saturated heterocycles. The first-order chi connectivity index (χ1) is 14.1. The van der Waals surface area contributed by atoms with E-state index >= 15 is 0 Å². The number of benzene rings is 2. The van der Waals surface area contributed by atoms with Crippen LogP contribution in [0.3, 0.4) is 0 Å². The maximum atomic E-state index is 10.3. The molecule has 0 aromatic heterocycles. The Bertz CT molecular complexity index is 690. The molecule has 0 heterocycles. The Morgan fingerprint density at radius 1 is 0.833 bits per heavy atom. The quantitative estimate of drug-likeness (QED) is 0.450. The summed E-state index contributed by atoms with van der Waals surface area (Å²) in [6.07, 6.45) is 2.08. The first kappa shape index (κ1) is 27.9. The Balaban J connectivity index is 0.000000420. The zero-order chi connectivity index (χ0) is 23.1. The Hall–Kier alpha value is -2.12. The molecule has 0 radical (unpaired) electrons. The standard InChI is InChI=1S/C8H18O2.2C7H5ClO2/c1-7(2)6-8(10)4-3-5-9;2*8-6-3-1-5(2-4-6)7(9)10/h7-10H,3-6H2,1-2H3;2*1-4H,(H,9,10). The molecule has 0 aliphatic heterocycles. The summed E-state index contributed by atoms with van der Waals surface area (Å²) in [5, 5.41) is 35.6. The van der Waals surface area contributed by atoms with Crippen molar-refractivity contribution in [3.63, 3.8) is 0 Å². The largest absolute Gasteiger partial charge is 0.478 e. The number of hydrogen-bond donors (Lipinski definition) is 4. The Morgan fingerprint density at radius 2 is 1.20 bits per heavy atom. The molecule has 2 aromatic carbocycles. The van der Waals surface area contributed by atoms with Gasteiger partial charge in [-0.1, -0.05) is 37.0 Å². The van der Waals surface area contributed by atoms with Gasteiger partial charge in [0.25, 0.3) is 0 Å². The fraction of sp³-hybridized carbons (Fsp3) is 0.364. The monoisotopic (exact) mass is 458 g/mol. The van der Waals surface area contributed by atoms with Crippen LogP contribution in [-0.4, -0.2) is 45.1 Å². The van der Waals surface area contributed by atoms with Gasteiger partial charge in [-0.25, -0.2) is 9.59 Å². The molecule has 0 fully saturated rings. The summed E-state index contributed by atoms with van der Waals surface area (Å²) in [7, 11) is 0. The van der Waals surface area contributed by atoms with E-state index in [0.717, 1.165) is 12.8 Å². The number of carboxylic acids is 2. The molecule has 0 aliphatic carbocycles. The number of rotatable bonds is 7. The highest BCUT2D eigenvalue weighted by Crippen LogP contribution is 2.10. The van der Waals surface area contributed by atoms with E-state index in [0.29, 0.717) is 22.4 Å². The number of halogens is 2. The zero-order valence-electron chi connectivity index (χ0n) is 17.0. The fourth-order valence-corrected chi connectivity index (χ4v) is 2.43. The van der Waals surface area contributed by atoms with Gasteiger partial charge in [-0.3, -0.25) is 0 Å². The molecule has 2 rings (SSSR count). The van der Waals surface area contributed by atoms with E-state index in [9.17, 15) is 14.7 Å². The van der Waals surface area contributed by atoms with Crippen molar-refractivity contribution < 1.29 is 30.0 Å². The summed E-state index contributed by atoms with van der Waals surface area (Å²) >= 11 is 11.0. The van der Waals surface area contributed by atoms with Crippen LogP contribution in [0, 0.1) is 5.92 Å². The van der Waals surface area contributed by atoms with Crippen molar-refractivity contribution in [3.05, 3.63) is 69.7 Å². The molecule has 8 heteroatoms. The first-order valence-electron chi connectivity index (χ1n) is 9.33. The number of carboxylic acid groups (broad SMARTS) is 2. The highest BCUT2D eigenvalue weighted by atomic mass is 35.5. The van der Waals surface area contributed by atoms with Gasteiger partial charge in [-0.15, -0.1) is 0 Å². The molecular weight excluding hydrogens is 431 g/mol. The van der Waals surface area contributed by atoms with Gasteiger partial charge in [-0.2, -0.15) is 0 Å². The molecule has 6 nitrogen and oxygen atoms in total. The van der Waals surface area contributed by atoms with Crippen LogP contribution in [0.2, 0.25) is 10.0 Å². The molecule has 0 amide bonds. The van der Waals surface area contributed by atoms with Crippen molar-refractivity contribution in [2.45, 2.75) is 39.2 Å². The average molecular weight is 459 g/mol. The summed E-state index contributed by atoms with van der Waals surface area (Å²) in [6, 6.07) is 12.0. The van der Waals surface area contributed by atoms with E-state index in [2.05, 4.69) is 13.8 Å². The van der Waals surface area contributed by atoms with Gasteiger partial charge >= 0.3 is 11.9 Å². The van der Waals surface area contributed by atoms with Gasteiger partial charge in [0.1, 0.15) is 0 Å². The lowest BCUT2D eigenvalue weighted by Gasteiger charge is -2.11. The zero-order valence-corrected chi connectivity index (χ0v) is 18.5. The van der Waals surface area contributed by atoms with Crippen LogP contribution in [0.1, 0.15) is 53.8 Å². The SMILES string of the molecule is CC(C)CC(O)CCCO.O=C(O)c1ccc(Cl)cc1.O=C(O)c1ccc(Cl)cc1. The number of aliphatic hydroxyl groups excluding tert-OH is 2. The van der Waals surface area contributed by atoms with Crippen LogP contribution in [0.4, 0.5) is 0 Å². The third-order valence-corrected chi connectivity index (χ3v) is 4.13. The third kappa shape index (κ3) is 14.0. The lowest BCUT2D eigenvalue weighted by molar-refractivity contribution is 0.0686. The van der Waals surface area contributed by atoms with Gasteiger partial charge in [0, 0.05) is 16.7 Å². The summed E-state index contributed by atoms with van der Waals surface area (Å²) < 4.78 is 0. The second kappa shape index (κ2) is 15.7. The highest BCUT2D eigenvalue weighted by molar-refractivity contribution is 6.30. The van der Waals surface area contributed by atoms with Gasteiger partial charge in [-0.05, 0) is 73.7 Å². The van der Waals surface area contributed by atoms with Crippen molar-refractivity contribution >= 4 is 35.1 Å². The maximum Gasteiger partial charge on any atom is 0.335 e. The number of aliphatic hydroxyl groups is 2. The average Bonchev–Trinajstić information content (AvgIpc) is 2.67. The van der Waals surface area contributed by atoms with E-state index in [1.54, 1.807) is 24.3 Å². The third-order valence-electron chi connectivity index (χ3n) is 3.62. The highest BCUT2D eigenvalue weighted by Gasteiger charge is 2.05. The van der Waals surface area contributed by atoms with Crippen LogP contribution >= 0.6 is 23.2 Å². The smallest absolute Gasteiger partial charge is 0.335 e. The molecule has 2 aromatic rings. The van der Waals surface area contributed by atoms with E-state index < -0.39 is 11.9 Å². The van der Waals surface area contributed by atoms with Crippen molar-refractivity contribution in [1.82, 2.24) is 0 Å². The number of hydrogen-bond acceptors (Lipinski definition) is 4. The molecule has 0 spiro atoms. The molecular formula is C22H28Cl2O6. The van der Waals surface area contributed by atoms with E-state index in [1.807, 2.05) is 0 Å². The molecule has 1 atom stereocenters. The lowest BCUT2D eigenvalue weighted by atomic mass is 10.0. The van der Waals surface area contributed by atoms with Gasteiger partial charge in [0.2, 0.25) is 0 Å². The normalized spacial score (nSPS) is 10.9. The van der Waals surface area contributed by atoms with Crippen LogP contribution in [0.5, 0.6) is 0 Å². The summed E-state index contributed by atoms with van der Waals surface area (Å²) in [5.74, 6) is -1.32. The minimum absolute atomic E-state index is 0.190. The fourth-order valence-electron chi connectivity index (χ4n) is 2.17. The second-order valence-corrected chi connectivity index (χ2v) is 7.65. The van der Waals surface area contributed by atoms with Gasteiger partial charge in [0.15, 0.2) is 0 Å². The van der Waals surface area contributed by atoms with Gasteiger partial charge < -0.3 is 20.4 Å². The Morgan fingerprint density at radius 3 is 1.47 bits per heavy atom. The molecule has 1 unspecified atom stereocenters. The van der Waals surface area contributed by atoms with E-state index in [-0.39, 0.29) is 23.8 Å². The van der Waals surface area contributed by atoms with Crippen LogP contribution in [-0.2, 0) is 0 Å². The second-order valence-electron chi connectivity index (χ2n) is 6.77. The molecule has 0 saturated carbocycles. The van der Waals surface area contributed by atoms with Crippen LogP contribution < -0.4 is 0 Å². The maximum absolute atomic E-state index is 10.3. The minimum Gasteiger partial charge on any atom is -0.478 e. The summed E-state index contributed by atoms with van der Waals surface area (Å²) in [4.78, 5) is 20.5. The van der Waals surface area contributed by atoms with Crippen LogP contribution in [0.15, 0.2) is 48.5 Å². The Kier molecular flexibility index (Phi) is 14.6. The van der Waals surface area contributed by atoms with E-state index in [1.165, 1.54) is 24.3 Å². The summed E-state index contributed by atoms with van der Waals surface area (Å²) in [6.45, 7) is 4.36. The molecule has 30 heavy (non-hydrogen) atoms. The molecule has 166 valence electrons. The topological polar surface area (TPSA) is 115 Å². The molecule has 4 N–H and O–H groups in total. The molecule has 0 bridgehead atoms. The summed E-state index contributed by atoms with van der Waals surface area (Å²) in [5.41, 5.74) is 0.508. The number of aromatic carboxylic acids is 2. The number of carbonyl (C=O) groups is 2.